The highest BCUT2D eigenvalue weighted by Gasteiger charge is 2.39. The molecule has 2 amide bonds. The number of ether oxygens (including phenoxy) is 1. The van der Waals surface area contributed by atoms with E-state index >= 15 is 0 Å². The summed E-state index contributed by atoms with van der Waals surface area (Å²) in [5, 5.41) is 4.64. The quantitative estimate of drug-likeness (QED) is 0.633. The first kappa shape index (κ1) is 19.6. The first-order valence-corrected chi connectivity index (χ1v) is 10.8. The first-order chi connectivity index (χ1) is 15.1. The number of nitrogens with zero attached hydrogens (tertiary/aromatic N) is 1. The molecule has 2 aromatic carbocycles. The van der Waals surface area contributed by atoms with Crippen LogP contribution >= 0.6 is 0 Å². The molecule has 1 aliphatic heterocycles. The van der Waals surface area contributed by atoms with E-state index in [9.17, 15) is 14.4 Å². The Balaban J connectivity index is 1.18. The van der Waals surface area contributed by atoms with Crippen LogP contribution in [0, 0.1) is 5.92 Å². The Labute approximate surface area is 179 Å². The van der Waals surface area contributed by atoms with Gasteiger partial charge < -0.3 is 19.4 Å². The molecule has 31 heavy (non-hydrogen) atoms. The van der Waals surface area contributed by atoms with E-state index in [1.807, 2.05) is 35.2 Å². The van der Waals surface area contributed by atoms with E-state index < -0.39 is 17.8 Å². The summed E-state index contributed by atoms with van der Waals surface area (Å²) < 4.78 is 11.0. The summed E-state index contributed by atoms with van der Waals surface area (Å²) in [7, 11) is 0. The zero-order chi connectivity index (χ0) is 21.4. The number of rotatable bonds is 5. The van der Waals surface area contributed by atoms with Gasteiger partial charge >= 0.3 is 5.97 Å². The van der Waals surface area contributed by atoms with Crippen molar-refractivity contribution in [3.8, 4) is 0 Å². The van der Waals surface area contributed by atoms with Gasteiger partial charge in [-0.2, -0.15) is 0 Å². The second-order valence-electron chi connectivity index (χ2n) is 8.35. The van der Waals surface area contributed by atoms with Crippen molar-refractivity contribution < 1.29 is 23.5 Å². The zero-order valence-corrected chi connectivity index (χ0v) is 17.1. The van der Waals surface area contributed by atoms with E-state index in [0.29, 0.717) is 12.2 Å². The van der Waals surface area contributed by atoms with Gasteiger partial charge in [-0.05, 0) is 37.1 Å². The summed E-state index contributed by atoms with van der Waals surface area (Å²) in [6, 6.07) is 13.4. The number of furan rings is 1. The maximum absolute atomic E-state index is 12.4. The van der Waals surface area contributed by atoms with Crippen LogP contribution in [0.25, 0.3) is 21.9 Å². The second kappa shape index (κ2) is 8.06. The number of carbonyl (C=O) groups excluding carboxylic acids is 3. The third-order valence-corrected chi connectivity index (χ3v) is 6.26. The number of para-hydroxylation sites is 1. The minimum atomic E-state index is -0.491. The SMILES string of the molecule is O=C(COC(=O)[C@@H]1CC(=O)N(C2CCCC2)C1)Nc1ccc2oc3ccccc3c2c1. The van der Waals surface area contributed by atoms with Gasteiger partial charge in [0.2, 0.25) is 5.91 Å². The Hall–Kier alpha value is -3.35. The molecule has 0 radical (unpaired) electrons. The van der Waals surface area contributed by atoms with E-state index in [2.05, 4.69) is 5.32 Å². The van der Waals surface area contributed by atoms with Crippen molar-refractivity contribution in [3.05, 3.63) is 42.5 Å². The molecule has 1 atom stereocenters. The lowest BCUT2D eigenvalue weighted by Crippen LogP contribution is -2.35. The Morgan fingerprint density at radius 2 is 1.84 bits per heavy atom. The average Bonchev–Trinajstić information content (AvgIpc) is 3.50. The van der Waals surface area contributed by atoms with Crippen LogP contribution in [-0.2, 0) is 19.1 Å². The monoisotopic (exact) mass is 420 g/mol. The molecule has 160 valence electrons. The Morgan fingerprint density at radius 1 is 1.06 bits per heavy atom. The van der Waals surface area contributed by atoms with Crippen LogP contribution in [0.5, 0.6) is 0 Å². The molecule has 1 aliphatic carbocycles. The summed E-state index contributed by atoms with van der Waals surface area (Å²) in [5.74, 6) is -1.38. The minimum Gasteiger partial charge on any atom is -0.456 e. The van der Waals surface area contributed by atoms with Crippen LogP contribution in [0.1, 0.15) is 32.1 Å². The normalized spacial score (nSPS) is 19.4. The molecular formula is C24H24N2O5. The smallest absolute Gasteiger partial charge is 0.311 e. The Bertz CT molecular complexity index is 1160. The number of esters is 1. The van der Waals surface area contributed by atoms with Gasteiger partial charge in [0.1, 0.15) is 11.2 Å². The van der Waals surface area contributed by atoms with Crippen molar-refractivity contribution >= 4 is 45.4 Å². The molecular weight excluding hydrogens is 396 g/mol. The van der Waals surface area contributed by atoms with Crippen LogP contribution in [0.3, 0.4) is 0 Å². The fourth-order valence-electron chi connectivity index (χ4n) is 4.71. The van der Waals surface area contributed by atoms with Gasteiger partial charge in [-0.15, -0.1) is 0 Å². The van der Waals surface area contributed by atoms with Gasteiger partial charge in [0, 0.05) is 35.5 Å². The van der Waals surface area contributed by atoms with Crippen molar-refractivity contribution in [2.45, 2.75) is 38.1 Å². The summed E-state index contributed by atoms with van der Waals surface area (Å²) in [6.45, 7) is 0.0192. The molecule has 2 heterocycles. The number of hydrogen-bond donors (Lipinski definition) is 1. The van der Waals surface area contributed by atoms with Crippen LogP contribution in [0.2, 0.25) is 0 Å². The Morgan fingerprint density at radius 3 is 2.68 bits per heavy atom. The van der Waals surface area contributed by atoms with Gasteiger partial charge in [0.15, 0.2) is 6.61 Å². The van der Waals surface area contributed by atoms with Crippen molar-refractivity contribution in [1.29, 1.82) is 0 Å². The fraction of sp³-hybridized carbons (Fsp3) is 0.375. The lowest BCUT2D eigenvalue weighted by molar-refractivity contribution is -0.151. The second-order valence-corrected chi connectivity index (χ2v) is 8.35. The number of nitrogens with one attached hydrogen (secondary N) is 1. The molecule has 1 N–H and O–H groups in total. The van der Waals surface area contributed by atoms with Gasteiger partial charge in [-0.1, -0.05) is 31.0 Å². The molecule has 1 aromatic heterocycles. The summed E-state index contributed by atoms with van der Waals surface area (Å²) in [6.07, 6.45) is 4.44. The van der Waals surface area contributed by atoms with E-state index in [0.717, 1.165) is 47.6 Å². The summed E-state index contributed by atoms with van der Waals surface area (Å²) in [5.41, 5.74) is 2.12. The van der Waals surface area contributed by atoms with Crippen LogP contribution in [-0.4, -0.2) is 41.9 Å². The van der Waals surface area contributed by atoms with Crippen molar-refractivity contribution in [3.63, 3.8) is 0 Å². The highest BCUT2D eigenvalue weighted by atomic mass is 16.5. The van der Waals surface area contributed by atoms with E-state index in [1.165, 1.54) is 0 Å². The van der Waals surface area contributed by atoms with Crippen molar-refractivity contribution in [2.75, 3.05) is 18.5 Å². The Kier molecular flexibility index (Phi) is 5.10. The third-order valence-electron chi connectivity index (χ3n) is 6.26. The maximum atomic E-state index is 12.4. The number of hydrogen-bond acceptors (Lipinski definition) is 5. The fourth-order valence-corrected chi connectivity index (χ4v) is 4.71. The number of amides is 2. The number of benzene rings is 2. The van der Waals surface area contributed by atoms with E-state index in [4.69, 9.17) is 9.15 Å². The predicted molar refractivity (Wildman–Crippen MR) is 115 cm³/mol. The lowest BCUT2D eigenvalue weighted by Gasteiger charge is -2.23. The molecule has 1 saturated carbocycles. The average molecular weight is 420 g/mol. The molecule has 5 rings (SSSR count). The van der Waals surface area contributed by atoms with Crippen molar-refractivity contribution in [1.82, 2.24) is 4.90 Å². The molecule has 0 unspecified atom stereocenters. The van der Waals surface area contributed by atoms with Crippen molar-refractivity contribution in [2.24, 2.45) is 5.92 Å². The standard InChI is InChI=1S/C24H24N2O5/c27-22(14-30-24(29)15-11-23(28)26(13-15)17-5-1-2-6-17)25-16-9-10-21-19(12-16)18-7-3-4-8-20(18)31-21/h3-4,7-10,12,15,17H,1-2,5-6,11,13-14H2,(H,25,27)/t15-/m1/s1. The molecule has 7 nitrogen and oxygen atoms in total. The molecule has 7 heteroatoms. The van der Waals surface area contributed by atoms with Gasteiger partial charge in [0.25, 0.3) is 5.91 Å². The highest BCUT2D eigenvalue weighted by Crippen LogP contribution is 2.31. The highest BCUT2D eigenvalue weighted by molar-refractivity contribution is 6.07. The minimum absolute atomic E-state index is 0.0129. The molecule has 0 bridgehead atoms. The van der Waals surface area contributed by atoms with Gasteiger partial charge in [0.05, 0.1) is 5.92 Å². The molecule has 2 fully saturated rings. The summed E-state index contributed by atoms with van der Waals surface area (Å²) >= 11 is 0. The summed E-state index contributed by atoms with van der Waals surface area (Å²) in [4.78, 5) is 38.8. The zero-order valence-electron chi connectivity index (χ0n) is 17.1. The van der Waals surface area contributed by atoms with Crippen LogP contribution in [0.4, 0.5) is 5.69 Å². The first-order valence-electron chi connectivity index (χ1n) is 10.8. The molecule has 0 spiro atoms. The van der Waals surface area contributed by atoms with Gasteiger partial charge in [-0.3, -0.25) is 14.4 Å². The van der Waals surface area contributed by atoms with Crippen LogP contribution in [0.15, 0.2) is 46.9 Å². The number of carbonyl (C=O) groups is 3. The molecule has 1 saturated heterocycles. The largest absolute Gasteiger partial charge is 0.456 e. The van der Waals surface area contributed by atoms with E-state index in [-0.39, 0.29) is 25.0 Å². The molecule has 3 aromatic rings. The lowest BCUT2D eigenvalue weighted by atomic mass is 10.1. The molecule has 2 aliphatic rings. The number of anilines is 1. The number of fused-ring (bicyclic) bond motifs is 3. The third kappa shape index (κ3) is 3.87. The number of likely N-dealkylation sites (tertiary alicyclic amines) is 1. The van der Waals surface area contributed by atoms with E-state index in [1.54, 1.807) is 12.1 Å². The predicted octanol–water partition coefficient (Wildman–Crippen LogP) is 3.86. The topological polar surface area (TPSA) is 88.9 Å². The maximum Gasteiger partial charge on any atom is 0.311 e. The van der Waals surface area contributed by atoms with Gasteiger partial charge in [-0.25, -0.2) is 0 Å². The van der Waals surface area contributed by atoms with Crippen LogP contribution < -0.4 is 5.32 Å².